The van der Waals surface area contributed by atoms with Crippen LogP contribution in [-0.4, -0.2) is 36.1 Å². The number of nitrogens with zero attached hydrogens (tertiary/aromatic N) is 2. The number of halogens is 1. The molecule has 0 aliphatic heterocycles. The maximum Gasteiger partial charge on any atom is 0.283 e. The fourth-order valence-corrected chi connectivity index (χ4v) is 1.84. The molecule has 0 bridgehead atoms. The van der Waals surface area contributed by atoms with Gasteiger partial charge in [-0.25, -0.2) is 4.68 Å². The number of hydrogen-bond acceptors (Lipinski definition) is 5. The maximum absolute atomic E-state index is 12.0. The third-order valence-corrected chi connectivity index (χ3v) is 3.64. The molecule has 0 aliphatic carbocycles. The van der Waals surface area contributed by atoms with Crippen LogP contribution >= 0.6 is 15.9 Å². The van der Waals surface area contributed by atoms with Crippen molar-refractivity contribution in [2.75, 3.05) is 25.6 Å². The number of ether oxygens (including phenoxy) is 1. The molecule has 19 heavy (non-hydrogen) atoms. The fourth-order valence-electron chi connectivity index (χ4n) is 1.39. The van der Waals surface area contributed by atoms with Crippen LogP contribution in [0.15, 0.2) is 15.5 Å². The normalized spacial score (nSPS) is 12.7. The SMILES string of the molecule is COCCn1ncc(NCC(N)C(C)C)c(Br)c1=O. The van der Waals surface area contributed by atoms with E-state index in [1.54, 1.807) is 13.3 Å². The molecule has 0 aromatic carbocycles. The van der Waals surface area contributed by atoms with E-state index in [-0.39, 0.29) is 11.6 Å². The number of nitrogens with one attached hydrogen (secondary N) is 1. The van der Waals surface area contributed by atoms with Gasteiger partial charge in [-0.05, 0) is 21.8 Å². The van der Waals surface area contributed by atoms with E-state index < -0.39 is 0 Å². The Morgan fingerprint density at radius 3 is 2.84 bits per heavy atom. The van der Waals surface area contributed by atoms with E-state index in [9.17, 15) is 4.79 Å². The Morgan fingerprint density at radius 1 is 1.58 bits per heavy atom. The first-order valence-electron chi connectivity index (χ1n) is 6.21. The lowest BCUT2D eigenvalue weighted by Gasteiger charge is -2.17. The van der Waals surface area contributed by atoms with Gasteiger partial charge in [0, 0.05) is 19.7 Å². The summed E-state index contributed by atoms with van der Waals surface area (Å²) in [7, 11) is 1.59. The van der Waals surface area contributed by atoms with Crippen LogP contribution in [0.5, 0.6) is 0 Å². The van der Waals surface area contributed by atoms with Crippen LogP contribution in [-0.2, 0) is 11.3 Å². The van der Waals surface area contributed by atoms with Gasteiger partial charge in [0.1, 0.15) is 4.47 Å². The summed E-state index contributed by atoms with van der Waals surface area (Å²) in [6.07, 6.45) is 1.62. The molecule has 1 rings (SSSR count). The van der Waals surface area contributed by atoms with Crippen molar-refractivity contribution in [2.45, 2.75) is 26.4 Å². The Bertz CT molecular complexity index is 462. The van der Waals surface area contributed by atoms with Crippen LogP contribution < -0.4 is 16.6 Å². The zero-order chi connectivity index (χ0) is 14.4. The van der Waals surface area contributed by atoms with E-state index in [0.29, 0.717) is 35.8 Å². The van der Waals surface area contributed by atoms with Crippen LogP contribution in [0.4, 0.5) is 5.69 Å². The van der Waals surface area contributed by atoms with E-state index >= 15 is 0 Å². The molecule has 7 heteroatoms. The minimum Gasteiger partial charge on any atom is -0.383 e. The molecule has 1 aromatic rings. The lowest BCUT2D eigenvalue weighted by molar-refractivity contribution is 0.181. The standard InChI is InChI=1S/C12H21BrN4O2/c1-8(2)9(14)6-15-10-7-16-17(4-5-19-3)12(18)11(10)13/h7-9,15H,4-6,14H2,1-3H3. The molecule has 0 saturated heterocycles. The Morgan fingerprint density at radius 2 is 2.26 bits per heavy atom. The van der Waals surface area contributed by atoms with Crippen molar-refractivity contribution < 1.29 is 4.74 Å². The van der Waals surface area contributed by atoms with E-state index in [4.69, 9.17) is 10.5 Å². The molecule has 0 saturated carbocycles. The number of methoxy groups -OCH3 is 1. The highest BCUT2D eigenvalue weighted by atomic mass is 79.9. The molecule has 6 nitrogen and oxygen atoms in total. The summed E-state index contributed by atoms with van der Waals surface area (Å²) in [5.74, 6) is 0.376. The molecule has 0 aliphatic rings. The van der Waals surface area contributed by atoms with Gasteiger partial charge in [-0.15, -0.1) is 0 Å². The monoisotopic (exact) mass is 332 g/mol. The molecular weight excluding hydrogens is 312 g/mol. The van der Waals surface area contributed by atoms with Gasteiger partial charge in [0.2, 0.25) is 0 Å². The Kier molecular flexibility index (Phi) is 6.47. The summed E-state index contributed by atoms with van der Waals surface area (Å²) in [4.78, 5) is 12.0. The van der Waals surface area contributed by atoms with Crippen LogP contribution in [0.25, 0.3) is 0 Å². The maximum atomic E-state index is 12.0. The Hall–Kier alpha value is -0.920. The first kappa shape index (κ1) is 16.1. The van der Waals surface area contributed by atoms with Crippen molar-refractivity contribution in [2.24, 2.45) is 11.7 Å². The summed E-state index contributed by atoms with van der Waals surface area (Å²) in [5, 5.41) is 7.23. The molecule has 0 radical (unpaired) electrons. The van der Waals surface area contributed by atoms with Gasteiger partial charge in [0.15, 0.2) is 0 Å². The molecule has 0 fully saturated rings. The van der Waals surface area contributed by atoms with Crippen LogP contribution in [0.2, 0.25) is 0 Å². The molecule has 1 heterocycles. The predicted octanol–water partition coefficient (Wildman–Crippen LogP) is 1.05. The van der Waals surface area contributed by atoms with E-state index in [1.807, 2.05) is 0 Å². The second-order valence-electron chi connectivity index (χ2n) is 4.68. The lowest BCUT2D eigenvalue weighted by atomic mass is 10.1. The van der Waals surface area contributed by atoms with Crippen molar-refractivity contribution in [3.63, 3.8) is 0 Å². The van der Waals surface area contributed by atoms with Gasteiger partial charge >= 0.3 is 0 Å². The average molecular weight is 333 g/mol. The molecule has 0 amide bonds. The predicted molar refractivity (Wildman–Crippen MR) is 79.4 cm³/mol. The first-order chi connectivity index (χ1) is 8.97. The Labute approximate surface area is 121 Å². The van der Waals surface area contributed by atoms with E-state index in [1.165, 1.54) is 4.68 Å². The van der Waals surface area contributed by atoms with Crippen molar-refractivity contribution >= 4 is 21.6 Å². The first-order valence-corrected chi connectivity index (χ1v) is 7.00. The Balaban J connectivity index is 2.76. The summed E-state index contributed by atoms with van der Waals surface area (Å²) in [6, 6.07) is 0.0304. The number of rotatable bonds is 7. The lowest BCUT2D eigenvalue weighted by Crippen LogP contribution is -2.34. The number of anilines is 1. The van der Waals surface area contributed by atoms with Gasteiger partial charge in [-0.3, -0.25) is 4.79 Å². The number of aromatic nitrogens is 2. The third-order valence-electron chi connectivity index (χ3n) is 2.88. The minimum absolute atomic E-state index is 0.0304. The summed E-state index contributed by atoms with van der Waals surface area (Å²) < 4.78 is 6.76. The van der Waals surface area contributed by atoms with Gasteiger partial charge in [-0.1, -0.05) is 13.8 Å². The zero-order valence-corrected chi connectivity index (χ0v) is 13.1. The highest BCUT2D eigenvalue weighted by molar-refractivity contribution is 9.10. The van der Waals surface area contributed by atoms with Gasteiger partial charge in [0.25, 0.3) is 5.56 Å². The van der Waals surface area contributed by atoms with Crippen LogP contribution in [0.1, 0.15) is 13.8 Å². The van der Waals surface area contributed by atoms with Crippen molar-refractivity contribution in [3.05, 3.63) is 21.0 Å². The zero-order valence-electron chi connectivity index (χ0n) is 11.5. The third kappa shape index (κ3) is 4.59. The van der Waals surface area contributed by atoms with Crippen LogP contribution in [0.3, 0.4) is 0 Å². The highest BCUT2D eigenvalue weighted by Crippen LogP contribution is 2.16. The second kappa shape index (κ2) is 7.62. The van der Waals surface area contributed by atoms with Crippen molar-refractivity contribution in [1.82, 2.24) is 9.78 Å². The fraction of sp³-hybridized carbons (Fsp3) is 0.667. The van der Waals surface area contributed by atoms with Gasteiger partial charge in [-0.2, -0.15) is 5.10 Å². The van der Waals surface area contributed by atoms with E-state index in [2.05, 4.69) is 40.2 Å². The molecular formula is C12H21BrN4O2. The number of nitrogens with two attached hydrogens (primary N) is 1. The summed E-state index contributed by atoms with van der Waals surface area (Å²) >= 11 is 3.29. The smallest absolute Gasteiger partial charge is 0.283 e. The largest absolute Gasteiger partial charge is 0.383 e. The quantitative estimate of drug-likeness (QED) is 0.779. The molecule has 1 atom stereocenters. The number of hydrogen-bond donors (Lipinski definition) is 2. The van der Waals surface area contributed by atoms with Crippen LogP contribution in [0, 0.1) is 5.92 Å². The van der Waals surface area contributed by atoms with Crippen molar-refractivity contribution in [3.8, 4) is 0 Å². The highest BCUT2D eigenvalue weighted by Gasteiger charge is 2.11. The summed E-state index contributed by atoms with van der Waals surface area (Å²) in [6.45, 7) is 5.59. The van der Waals surface area contributed by atoms with Gasteiger partial charge < -0.3 is 15.8 Å². The minimum atomic E-state index is -0.180. The molecule has 1 unspecified atom stereocenters. The van der Waals surface area contributed by atoms with E-state index in [0.717, 1.165) is 0 Å². The summed E-state index contributed by atoms with van der Waals surface area (Å²) in [5.41, 5.74) is 6.43. The van der Waals surface area contributed by atoms with Gasteiger partial charge in [0.05, 0.1) is 25.0 Å². The topological polar surface area (TPSA) is 82.2 Å². The second-order valence-corrected chi connectivity index (χ2v) is 5.48. The molecule has 0 spiro atoms. The molecule has 3 N–H and O–H groups in total. The van der Waals surface area contributed by atoms with Crippen molar-refractivity contribution in [1.29, 1.82) is 0 Å². The molecule has 1 aromatic heterocycles. The molecule has 108 valence electrons. The average Bonchev–Trinajstić information content (AvgIpc) is 2.38.